The van der Waals surface area contributed by atoms with Gasteiger partial charge in [0, 0.05) is 23.3 Å². The second-order valence-corrected chi connectivity index (χ2v) is 8.11. The number of ether oxygens (including phenoxy) is 1. The average Bonchev–Trinajstić information content (AvgIpc) is 2.66. The van der Waals surface area contributed by atoms with Crippen LogP contribution in [0.1, 0.15) is 42.4 Å². The predicted octanol–water partition coefficient (Wildman–Crippen LogP) is 2.43. The molecular weight excluding hydrogens is 399 g/mol. The summed E-state index contributed by atoms with van der Waals surface area (Å²) in [7, 11) is 0. The van der Waals surface area contributed by atoms with Crippen molar-refractivity contribution in [2.24, 2.45) is 0 Å². The highest BCUT2D eigenvalue weighted by Gasteiger charge is 2.69. The molecule has 3 aliphatic carbocycles. The number of hydrogen-bond acceptors (Lipinski definition) is 5. The highest BCUT2D eigenvalue weighted by Crippen LogP contribution is 2.60. The van der Waals surface area contributed by atoms with Crippen molar-refractivity contribution in [1.29, 1.82) is 0 Å². The number of carbonyl (C=O) groups excluding carboxylic acids is 2. The lowest BCUT2D eigenvalue weighted by atomic mass is 9.44. The van der Waals surface area contributed by atoms with Crippen LogP contribution in [0, 0.1) is 5.82 Å². The lowest BCUT2D eigenvalue weighted by molar-refractivity contribution is -0.141. The molecule has 0 atom stereocenters. The summed E-state index contributed by atoms with van der Waals surface area (Å²) in [4.78, 5) is 32.8. The summed E-state index contributed by atoms with van der Waals surface area (Å²) in [6.07, 6.45) is 5.83. The molecule has 152 valence electrons. The van der Waals surface area contributed by atoms with E-state index in [9.17, 15) is 14.0 Å². The molecule has 2 aromatic rings. The topological polar surface area (TPSA) is 93.2 Å². The van der Waals surface area contributed by atoms with Crippen molar-refractivity contribution >= 4 is 23.4 Å². The Morgan fingerprint density at radius 1 is 1.17 bits per heavy atom. The molecule has 2 N–H and O–H groups in total. The second-order valence-electron chi connectivity index (χ2n) is 7.70. The van der Waals surface area contributed by atoms with Gasteiger partial charge in [-0.3, -0.25) is 14.6 Å². The second kappa shape index (κ2) is 7.26. The van der Waals surface area contributed by atoms with Gasteiger partial charge in [-0.2, -0.15) is 0 Å². The maximum Gasteiger partial charge on any atom is 0.271 e. The number of benzene rings is 1. The minimum Gasteiger partial charge on any atom is -0.484 e. The molecular formula is C20H20ClFN4O3. The van der Waals surface area contributed by atoms with E-state index in [1.807, 2.05) is 6.92 Å². The first-order valence-electron chi connectivity index (χ1n) is 9.34. The van der Waals surface area contributed by atoms with E-state index in [1.165, 1.54) is 18.3 Å². The van der Waals surface area contributed by atoms with Gasteiger partial charge in [0.05, 0.1) is 16.9 Å². The SMILES string of the molecule is CCc1cnc(C(=O)NC23CC(NC(=O)COc4ccc(Cl)c(F)c4)(C2)C3)cn1. The Labute approximate surface area is 172 Å². The quantitative estimate of drug-likeness (QED) is 0.720. The molecule has 0 aliphatic heterocycles. The van der Waals surface area contributed by atoms with Gasteiger partial charge in [-0.15, -0.1) is 0 Å². The van der Waals surface area contributed by atoms with Crippen LogP contribution in [0.3, 0.4) is 0 Å². The number of nitrogens with one attached hydrogen (secondary N) is 2. The Hall–Kier alpha value is -2.74. The van der Waals surface area contributed by atoms with Gasteiger partial charge in [-0.1, -0.05) is 18.5 Å². The third-order valence-electron chi connectivity index (χ3n) is 5.37. The maximum atomic E-state index is 13.4. The fraction of sp³-hybridized carbons (Fsp3) is 0.400. The molecule has 0 saturated heterocycles. The molecule has 2 bridgehead atoms. The first-order chi connectivity index (χ1) is 13.8. The molecule has 3 aliphatic rings. The van der Waals surface area contributed by atoms with Gasteiger partial charge in [-0.05, 0) is 37.8 Å². The summed E-state index contributed by atoms with van der Waals surface area (Å²) < 4.78 is 18.7. The number of carbonyl (C=O) groups is 2. The summed E-state index contributed by atoms with van der Waals surface area (Å²) in [5.41, 5.74) is 0.512. The number of nitrogens with zero attached hydrogens (tertiary/aromatic N) is 2. The minimum atomic E-state index is -0.601. The molecule has 1 aromatic heterocycles. The first kappa shape index (κ1) is 19.6. The number of hydrogen-bond donors (Lipinski definition) is 2. The average molecular weight is 419 g/mol. The molecule has 9 heteroatoms. The van der Waals surface area contributed by atoms with E-state index in [4.69, 9.17) is 16.3 Å². The zero-order valence-electron chi connectivity index (χ0n) is 15.8. The van der Waals surface area contributed by atoms with Crippen LogP contribution < -0.4 is 15.4 Å². The van der Waals surface area contributed by atoms with Gasteiger partial charge in [0.15, 0.2) is 6.61 Å². The number of amides is 2. The summed E-state index contributed by atoms with van der Waals surface area (Å²) in [5, 5.41) is 5.94. The molecule has 1 heterocycles. The summed E-state index contributed by atoms with van der Waals surface area (Å²) >= 11 is 5.62. The summed E-state index contributed by atoms with van der Waals surface area (Å²) in [6, 6.07) is 4.01. The molecule has 0 unspecified atom stereocenters. The Morgan fingerprint density at radius 3 is 2.52 bits per heavy atom. The normalized spacial score (nSPS) is 24.1. The maximum absolute atomic E-state index is 13.4. The van der Waals surface area contributed by atoms with Gasteiger partial charge in [-0.25, -0.2) is 9.37 Å². The Kier molecular flexibility index (Phi) is 4.90. The van der Waals surface area contributed by atoms with Crippen LogP contribution in [-0.2, 0) is 11.2 Å². The van der Waals surface area contributed by atoms with E-state index >= 15 is 0 Å². The number of aryl methyl sites for hydroxylation is 1. The molecule has 0 spiro atoms. The zero-order chi connectivity index (χ0) is 20.6. The van der Waals surface area contributed by atoms with E-state index in [-0.39, 0.29) is 46.0 Å². The van der Waals surface area contributed by atoms with Gasteiger partial charge in [0.1, 0.15) is 17.3 Å². The highest BCUT2D eigenvalue weighted by atomic mass is 35.5. The molecule has 0 radical (unpaired) electrons. The van der Waals surface area contributed by atoms with E-state index in [1.54, 1.807) is 6.20 Å². The van der Waals surface area contributed by atoms with Gasteiger partial charge in [0.25, 0.3) is 11.8 Å². The fourth-order valence-corrected chi connectivity index (χ4v) is 4.18. The molecule has 29 heavy (non-hydrogen) atoms. The van der Waals surface area contributed by atoms with E-state index in [0.29, 0.717) is 19.3 Å². The third kappa shape index (κ3) is 3.89. The van der Waals surface area contributed by atoms with Gasteiger partial charge in [0.2, 0.25) is 0 Å². The molecule has 3 saturated carbocycles. The van der Waals surface area contributed by atoms with Crippen LogP contribution >= 0.6 is 11.6 Å². The number of rotatable bonds is 7. The van der Waals surface area contributed by atoms with Crippen LogP contribution in [0.5, 0.6) is 5.75 Å². The van der Waals surface area contributed by atoms with Crippen molar-refractivity contribution in [3.63, 3.8) is 0 Å². The zero-order valence-corrected chi connectivity index (χ0v) is 16.6. The minimum absolute atomic E-state index is 0.00435. The molecule has 1 aromatic carbocycles. The van der Waals surface area contributed by atoms with Crippen LogP contribution in [0.15, 0.2) is 30.6 Å². The molecule has 3 fully saturated rings. The smallest absolute Gasteiger partial charge is 0.271 e. The molecule has 2 amide bonds. The van der Waals surface area contributed by atoms with E-state index in [2.05, 4.69) is 20.6 Å². The van der Waals surface area contributed by atoms with Gasteiger partial charge < -0.3 is 15.4 Å². The summed E-state index contributed by atoms with van der Waals surface area (Å²) in [6.45, 7) is 1.75. The van der Waals surface area contributed by atoms with Crippen molar-refractivity contribution in [1.82, 2.24) is 20.6 Å². The standard InChI is InChI=1S/C20H20ClFN4O3/c1-2-12-6-24-16(7-23-12)18(28)26-20-9-19(10-20,11-20)25-17(27)8-29-13-3-4-14(21)15(22)5-13/h3-7H,2,8-11H2,1H3,(H,25,27)(H,26,28). The lowest BCUT2D eigenvalue weighted by Crippen LogP contribution is -2.84. The largest absolute Gasteiger partial charge is 0.484 e. The van der Waals surface area contributed by atoms with Crippen LogP contribution in [0.25, 0.3) is 0 Å². The van der Waals surface area contributed by atoms with Crippen LogP contribution in [0.4, 0.5) is 4.39 Å². The molecule has 7 nitrogen and oxygen atoms in total. The van der Waals surface area contributed by atoms with E-state index < -0.39 is 5.82 Å². The Balaban J connectivity index is 1.23. The van der Waals surface area contributed by atoms with Crippen molar-refractivity contribution in [2.75, 3.05) is 6.61 Å². The highest BCUT2D eigenvalue weighted by molar-refractivity contribution is 6.30. The number of aromatic nitrogens is 2. The lowest BCUT2D eigenvalue weighted by Gasteiger charge is -2.70. The van der Waals surface area contributed by atoms with Gasteiger partial charge >= 0.3 is 0 Å². The monoisotopic (exact) mass is 418 g/mol. The van der Waals surface area contributed by atoms with Crippen LogP contribution in [0.2, 0.25) is 5.02 Å². The fourth-order valence-electron chi connectivity index (χ4n) is 4.06. The third-order valence-corrected chi connectivity index (χ3v) is 5.68. The summed E-state index contributed by atoms with van der Waals surface area (Å²) in [5.74, 6) is -0.914. The number of halogens is 2. The van der Waals surface area contributed by atoms with E-state index in [0.717, 1.165) is 18.2 Å². The Morgan fingerprint density at radius 2 is 1.90 bits per heavy atom. The molecule has 5 rings (SSSR count). The van der Waals surface area contributed by atoms with Crippen molar-refractivity contribution in [2.45, 2.75) is 43.7 Å². The first-order valence-corrected chi connectivity index (χ1v) is 9.72. The van der Waals surface area contributed by atoms with Crippen molar-refractivity contribution in [3.8, 4) is 5.75 Å². The van der Waals surface area contributed by atoms with Crippen molar-refractivity contribution in [3.05, 3.63) is 52.8 Å². The van der Waals surface area contributed by atoms with Crippen LogP contribution in [-0.4, -0.2) is 39.5 Å². The predicted molar refractivity (Wildman–Crippen MR) is 103 cm³/mol. The van der Waals surface area contributed by atoms with Crippen molar-refractivity contribution < 1.29 is 18.7 Å². The Bertz CT molecular complexity index is 947.